The van der Waals surface area contributed by atoms with Crippen LogP contribution < -0.4 is 5.43 Å². The van der Waals surface area contributed by atoms with Crippen molar-refractivity contribution < 1.29 is 9.90 Å². The van der Waals surface area contributed by atoms with Crippen LogP contribution in [0.1, 0.15) is 17.8 Å². The van der Waals surface area contributed by atoms with Gasteiger partial charge in [0.2, 0.25) is 5.91 Å². The van der Waals surface area contributed by atoms with Crippen molar-refractivity contribution in [2.24, 2.45) is 10.2 Å². The van der Waals surface area contributed by atoms with Crippen LogP contribution in [-0.4, -0.2) is 26.8 Å². The van der Waals surface area contributed by atoms with Crippen LogP contribution in [0.3, 0.4) is 0 Å². The number of hydrogen-bond donors (Lipinski definition) is 2. The van der Waals surface area contributed by atoms with E-state index in [1.165, 1.54) is 6.21 Å². The first-order chi connectivity index (χ1) is 15.2. The molecule has 2 N–H and O–H groups in total. The number of nitrogens with one attached hydrogen (secondary N) is 1. The smallest absolute Gasteiger partial charge is 0.241 e. The monoisotopic (exact) mass is 413 g/mol. The molecule has 0 radical (unpaired) electrons. The minimum absolute atomic E-state index is 0.0873. The van der Waals surface area contributed by atoms with Gasteiger partial charge in [-0.15, -0.1) is 0 Å². The highest BCUT2D eigenvalue weighted by atomic mass is 16.3. The number of aryl methyl sites for hydroxylation is 1. The van der Waals surface area contributed by atoms with Crippen LogP contribution in [0.15, 0.2) is 70.9 Å². The van der Waals surface area contributed by atoms with E-state index in [1.807, 2.05) is 59.2 Å². The fourth-order valence-electron chi connectivity index (χ4n) is 3.45. The molecular formula is C22H19N7O2. The third kappa shape index (κ3) is 4.31. The number of nitrogens with zero attached hydrogens (tertiary/aromatic N) is 6. The van der Waals surface area contributed by atoms with Gasteiger partial charge in [0.25, 0.3) is 0 Å². The lowest BCUT2D eigenvalue weighted by atomic mass is 10.0. The third-order valence-corrected chi connectivity index (χ3v) is 4.90. The molecule has 3 aromatic carbocycles. The number of hydrogen-bond acceptors (Lipinski definition) is 5. The fourth-order valence-corrected chi connectivity index (χ4v) is 3.45. The van der Waals surface area contributed by atoms with Crippen molar-refractivity contribution in [3.63, 3.8) is 0 Å². The van der Waals surface area contributed by atoms with Gasteiger partial charge in [0.1, 0.15) is 11.6 Å². The highest BCUT2D eigenvalue weighted by Crippen LogP contribution is 2.25. The molecule has 0 saturated heterocycles. The Balaban J connectivity index is 1.46. The van der Waals surface area contributed by atoms with Gasteiger partial charge in [-0.2, -0.15) is 5.10 Å². The number of carbonyl (C=O) groups is 1. The van der Waals surface area contributed by atoms with E-state index in [0.717, 1.165) is 21.8 Å². The Morgan fingerprint density at radius 1 is 1.16 bits per heavy atom. The van der Waals surface area contributed by atoms with Crippen LogP contribution in [-0.2, 0) is 17.9 Å². The molecule has 9 heteroatoms. The zero-order valence-electron chi connectivity index (χ0n) is 16.5. The van der Waals surface area contributed by atoms with Gasteiger partial charge in [0, 0.05) is 23.4 Å². The number of azide groups is 1. The number of carbonyl (C=O) groups excluding carboxylic acids is 1. The van der Waals surface area contributed by atoms with Crippen molar-refractivity contribution in [1.82, 2.24) is 15.0 Å². The zero-order chi connectivity index (χ0) is 21.6. The number of phenols is 1. The van der Waals surface area contributed by atoms with Gasteiger partial charge in [-0.05, 0) is 34.5 Å². The van der Waals surface area contributed by atoms with E-state index < -0.39 is 0 Å². The maximum Gasteiger partial charge on any atom is 0.241 e. The van der Waals surface area contributed by atoms with Crippen LogP contribution in [0, 0.1) is 0 Å². The molecule has 1 heterocycles. The van der Waals surface area contributed by atoms with Crippen molar-refractivity contribution in [2.75, 3.05) is 0 Å². The van der Waals surface area contributed by atoms with E-state index in [-0.39, 0.29) is 24.6 Å². The first kappa shape index (κ1) is 19.9. The number of phenolic OH excluding ortho intramolecular Hbond substituents is 1. The molecule has 4 aromatic rings. The maximum absolute atomic E-state index is 12.3. The standard InChI is InChI=1S/C22H19N7O2/c23-28-25-14-21-26-18-7-3-4-8-19(18)29(21)12-11-22(31)27-24-13-17-16-6-2-1-5-15(16)9-10-20(17)30/h1-10,13,30H,11-12,14H2,(H,27,31)/b24-13+. The van der Waals surface area contributed by atoms with Gasteiger partial charge in [0.15, 0.2) is 0 Å². The summed E-state index contributed by atoms with van der Waals surface area (Å²) < 4.78 is 1.86. The summed E-state index contributed by atoms with van der Waals surface area (Å²) >= 11 is 0. The molecule has 0 spiro atoms. The van der Waals surface area contributed by atoms with Crippen LogP contribution in [0.4, 0.5) is 0 Å². The lowest BCUT2D eigenvalue weighted by Crippen LogP contribution is -2.20. The molecule has 1 aromatic heterocycles. The predicted octanol–water partition coefficient (Wildman–Crippen LogP) is 4.25. The summed E-state index contributed by atoms with van der Waals surface area (Å²) in [6.07, 6.45) is 1.59. The summed E-state index contributed by atoms with van der Waals surface area (Å²) in [5.74, 6) is 0.392. The van der Waals surface area contributed by atoms with Gasteiger partial charge >= 0.3 is 0 Å². The van der Waals surface area contributed by atoms with Gasteiger partial charge in [0.05, 0.1) is 23.8 Å². The SMILES string of the molecule is [N-]=[N+]=NCc1nc2ccccc2n1CCC(=O)N/N=C/c1c(O)ccc2ccccc12. The Bertz CT molecular complexity index is 1340. The molecule has 0 saturated carbocycles. The summed E-state index contributed by atoms with van der Waals surface area (Å²) in [6.45, 7) is 0.461. The minimum Gasteiger partial charge on any atom is -0.507 e. The van der Waals surface area contributed by atoms with Crippen molar-refractivity contribution in [3.8, 4) is 5.75 Å². The second-order valence-corrected chi connectivity index (χ2v) is 6.82. The normalized spacial score (nSPS) is 11.1. The minimum atomic E-state index is -0.288. The molecule has 154 valence electrons. The Morgan fingerprint density at radius 3 is 2.84 bits per heavy atom. The number of aromatic nitrogens is 2. The average molecular weight is 413 g/mol. The molecule has 4 rings (SSSR count). The molecule has 9 nitrogen and oxygen atoms in total. The van der Waals surface area contributed by atoms with Crippen molar-refractivity contribution in [2.45, 2.75) is 19.5 Å². The zero-order valence-corrected chi connectivity index (χ0v) is 16.5. The molecule has 0 bridgehead atoms. The average Bonchev–Trinajstić information content (AvgIpc) is 3.15. The van der Waals surface area contributed by atoms with Crippen molar-refractivity contribution >= 4 is 33.9 Å². The fraction of sp³-hybridized carbons (Fsp3) is 0.136. The molecular weight excluding hydrogens is 394 g/mol. The Kier molecular flexibility index (Phi) is 5.77. The number of amides is 1. The Morgan fingerprint density at radius 2 is 1.97 bits per heavy atom. The molecule has 0 fully saturated rings. The Labute approximate surface area is 177 Å². The van der Waals surface area contributed by atoms with Crippen LogP contribution in [0.5, 0.6) is 5.75 Å². The highest BCUT2D eigenvalue weighted by molar-refractivity contribution is 6.02. The summed E-state index contributed by atoms with van der Waals surface area (Å²) in [7, 11) is 0. The number of imidazole rings is 1. The predicted molar refractivity (Wildman–Crippen MR) is 119 cm³/mol. The second kappa shape index (κ2) is 8.98. The van der Waals surface area contributed by atoms with Crippen LogP contribution in [0.2, 0.25) is 0 Å². The third-order valence-electron chi connectivity index (χ3n) is 4.90. The summed E-state index contributed by atoms with van der Waals surface area (Å²) in [5.41, 5.74) is 13.3. The number of rotatable bonds is 7. The van der Waals surface area contributed by atoms with Crippen molar-refractivity contribution in [1.29, 1.82) is 0 Å². The van der Waals surface area contributed by atoms with Crippen LogP contribution in [0.25, 0.3) is 32.2 Å². The molecule has 0 aliphatic rings. The molecule has 31 heavy (non-hydrogen) atoms. The lowest BCUT2D eigenvalue weighted by Gasteiger charge is -2.07. The van der Waals surface area contributed by atoms with E-state index >= 15 is 0 Å². The van der Waals surface area contributed by atoms with Crippen LogP contribution >= 0.6 is 0 Å². The summed E-state index contributed by atoms with van der Waals surface area (Å²) in [4.78, 5) is 19.6. The van der Waals surface area contributed by atoms with Gasteiger partial charge in [-0.1, -0.05) is 47.6 Å². The van der Waals surface area contributed by atoms with E-state index in [1.54, 1.807) is 6.07 Å². The Hall–Kier alpha value is -4.36. The van der Waals surface area contributed by atoms with E-state index in [2.05, 4.69) is 25.5 Å². The number of aromatic hydroxyl groups is 1. The van der Waals surface area contributed by atoms with Crippen molar-refractivity contribution in [3.05, 3.63) is 82.5 Å². The first-order valence-corrected chi connectivity index (χ1v) is 9.65. The molecule has 0 aliphatic heterocycles. The van der Waals surface area contributed by atoms with Gasteiger partial charge in [-0.25, -0.2) is 10.4 Å². The topological polar surface area (TPSA) is 128 Å². The molecule has 0 aliphatic carbocycles. The number of para-hydroxylation sites is 2. The number of hydrazone groups is 1. The van der Waals surface area contributed by atoms with E-state index in [0.29, 0.717) is 17.9 Å². The van der Waals surface area contributed by atoms with E-state index in [4.69, 9.17) is 5.53 Å². The lowest BCUT2D eigenvalue weighted by molar-refractivity contribution is -0.121. The molecule has 0 atom stereocenters. The highest BCUT2D eigenvalue weighted by Gasteiger charge is 2.11. The first-order valence-electron chi connectivity index (χ1n) is 9.65. The molecule has 0 unspecified atom stereocenters. The summed E-state index contributed by atoms with van der Waals surface area (Å²) in [5, 5.41) is 19.6. The van der Waals surface area contributed by atoms with E-state index in [9.17, 15) is 9.90 Å². The summed E-state index contributed by atoms with van der Waals surface area (Å²) in [6, 6.07) is 18.6. The molecule has 1 amide bonds. The number of fused-ring (bicyclic) bond motifs is 2. The quantitative estimate of drug-likeness (QED) is 0.154. The maximum atomic E-state index is 12.3. The largest absolute Gasteiger partial charge is 0.507 e. The number of benzene rings is 3. The van der Waals surface area contributed by atoms with Gasteiger partial charge in [-0.3, -0.25) is 4.79 Å². The van der Waals surface area contributed by atoms with Gasteiger partial charge < -0.3 is 9.67 Å². The second-order valence-electron chi connectivity index (χ2n) is 6.82.